The maximum atomic E-state index is 6.06. The Balaban J connectivity index is 1.91. The standard InChI is InChI=1S/C16H16BrNO2S/c1-10(18)13-4-2-11(17)8-16(13)21-12-3-5-14-15(9-12)20-7-6-19-14/h2-5,8-10H,6-7,18H2,1H3. The minimum absolute atomic E-state index is 0.00203. The Morgan fingerprint density at radius 2 is 1.86 bits per heavy atom. The Kier molecular flexibility index (Phi) is 4.42. The van der Waals surface area contributed by atoms with Crippen LogP contribution in [-0.4, -0.2) is 13.2 Å². The van der Waals surface area contributed by atoms with Gasteiger partial charge >= 0.3 is 0 Å². The first-order valence-corrected chi connectivity index (χ1v) is 8.37. The molecule has 1 aliphatic rings. The molecule has 0 radical (unpaired) electrons. The van der Waals surface area contributed by atoms with E-state index in [9.17, 15) is 0 Å². The van der Waals surface area contributed by atoms with Gasteiger partial charge in [0.05, 0.1) is 0 Å². The van der Waals surface area contributed by atoms with Gasteiger partial charge in [0.1, 0.15) is 13.2 Å². The molecule has 5 heteroatoms. The average Bonchev–Trinajstić information content (AvgIpc) is 2.47. The lowest BCUT2D eigenvalue weighted by atomic mass is 10.1. The summed E-state index contributed by atoms with van der Waals surface area (Å²) in [5, 5.41) is 0. The molecule has 0 fully saturated rings. The van der Waals surface area contributed by atoms with E-state index < -0.39 is 0 Å². The topological polar surface area (TPSA) is 44.5 Å². The fourth-order valence-electron chi connectivity index (χ4n) is 2.19. The molecule has 0 spiro atoms. The maximum Gasteiger partial charge on any atom is 0.162 e. The van der Waals surface area contributed by atoms with Crippen LogP contribution in [0, 0.1) is 0 Å². The van der Waals surface area contributed by atoms with E-state index in [1.165, 1.54) is 0 Å². The van der Waals surface area contributed by atoms with Crippen LogP contribution in [0.5, 0.6) is 11.5 Å². The molecule has 0 aliphatic carbocycles. The second kappa shape index (κ2) is 6.30. The fraction of sp³-hybridized carbons (Fsp3) is 0.250. The lowest BCUT2D eigenvalue weighted by molar-refractivity contribution is 0.171. The molecule has 21 heavy (non-hydrogen) atoms. The molecule has 1 aliphatic heterocycles. The molecule has 0 bridgehead atoms. The molecule has 0 saturated heterocycles. The van der Waals surface area contributed by atoms with Crippen LogP contribution in [-0.2, 0) is 0 Å². The summed E-state index contributed by atoms with van der Waals surface area (Å²) in [5.41, 5.74) is 7.19. The highest BCUT2D eigenvalue weighted by molar-refractivity contribution is 9.10. The largest absolute Gasteiger partial charge is 0.486 e. The highest BCUT2D eigenvalue weighted by atomic mass is 79.9. The van der Waals surface area contributed by atoms with Crippen molar-refractivity contribution in [1.29, 1.82) is 0 Å². The van der Waals surface area contributed by atoms with Crippen LogP contribution in [0.4, 0.5) is 0 Å². The second-order valence-corrected chi connectivity index (χ2v) is 6.91. The molecule has 1 heterocycles. The summed E-state index contributed by atoms with van der Waals surface area (Å²) in [6.07, 6.45) is 0. The molecular weight excluding hydrogens is 350 g/mol. The third-order valence-electron chi connectivity index (χ3n) is 3.21. The van der Waals surface area contributed by atoms with Crippen molar-refractivity contribution in [2.24, 2.45) is 5.73 Å². The van der Waals surface area contributed by atoms with E-state index in [1.54, 1.807) is 11.8 Å². The van der Waals surface area contributed by atoms with Gasteiger partial charge in [-0.1, -0.05) is 33.8 Å². The Hall–Kier alpha value is -1.17. The zero-order chi connectivity index (χ0) is 14.8. The maximum absolute atomic E-state index is 6.06. The average molecular weight is 366 g/mol. The molecule has 2 N–H and O–H groups in total. The molecule has 110 valence electrons. The van der Waals surface area contributed by atoms with E-state index in [1.807, 2.05) is 31.2 Å². The minimum atomic E-state index is -0.00203. The SMILES string of the molecule is CC(N)c1ccc(Br)cc1Sc1ccc2c(c1)OCCO2. The lowest BCUT2D eigenvalue weighted by Crippen LogP contribution is -2.15. The Labute approximate surface area is 137 Å². The zero-order valence-electron chi connectivity index (χ0n) is 11.6. The predicted molar refractivity (Wildman–Crippen MR) is 88.3 cm³/mol. The first-order valence-electron chi connectivity index (χ1n) is 6.76. The number of benzene rings is 2. The van der Waals surface area contributed by atoms with Gasteiger partial charge in [0.25, 0.3) is 0 Å². The molecule has 1 atom stereocenters. The normalized spacial score (nSPS) is 14.8. The summed E-state index contributed by atoms with van der Waals surface area (Å²) in [6.45, 7) is 3.21. The Morgan fingerprint density at radius 1 is 1.10 bits per heavy atom. The highest BCUT2D eigenvalue weighted by Crippen LogP contribution is 2.39. The van der Waals surface area contributed by atoms with Crippen molar-refractivity contribution in [1.82, 2.24) is 0 Å². The summed E-state index contributed by atoms with van der Waals surface area (Å²) < 4.78 is 12.2. The number of rotatable bonds is 3. The third kappa shape index (κ3) is 3.36. The molecule has 3 rings (SSSR count). The monoisotopic (exact) mass is 365 g/mol. The van der Waals surface area contributed by atoms with Gasteiger partial charge in [-0.2, -0.15) is 0 Å². The summed E-state index contributed by atoms with van der Waals surface area (Å²) in [6, 6.07) is 12.2. The molecular formula is C16H16BrNO2S. The molecule has 0 saturated carbocycles. The number of fused-ring (bicyclic) bond motifs is 1. The van der Waals surface area contributed by atoms with Gasteiger partial charge in [-0.05, 0) is 42.8 Å². The van der Waals surface area contributed by atoms with Gasteiger partial charge in [0, 0.05) is 20.3 Å². The van der Waals surface area contributed by atoms with Crippen LogP contribution in [0.1, 0.15) is 18.5 Å². The predicted octanol–water partition coefficient (Wildman–Crippen LogP) is 4.39. The van der Waals surface area contributed by atoms with Gasteiger partial charge in [-0.3, -0.25) is 0 Å². The minimum Gasteiger partial charge on any atom is -0.486 e. The van der Waals surface area contributed by atoms with Crippen LogP contribution in [0.25, 0.3) is 0 Å². The Morgan fingerprint density at radius 3 is 2.62 bits per heavy atom. The van der Waals surface area contributed by atoms with E-state index in [2.05, 4.69) is 28.1 Å². The van der Waals surface area contributed by atoms with Crippen molar-refractivity contribution in [3.63, 3.8) is 0 Å². The summed E-state index contributed by atoms with van der Waals surface area (Å²) in [5.74, 6) is 1.62. The Bertz CT molecular complexity index is 661. The molecule has 1 unspecified atom stereocenters. The number of nitrogens with two attached hydrogens (primary N) is 1. The van der Waals surface area contributed by atoms with E-state index in [0.29, 0.717) is 13.2 Å². The first-order chi connectivity index (χ1) is 10.1. The van der Waals surface area contributed by atoms with Crippen molar-refractivity contribution in [3.8, 4) is 11.5 Å². The van der Waals surface area contributed by atoms with Gasteiger partial charge < -0.3 is 15.2 Å². The van der Waals surface area contributed by atoms with E-state index in [-0.39, 0.29) is 6.04 Å². The zero-order valence-corrected chi connectivity index (χ0v) is 14.0. The number of hydrogen-bond acceptors (Lipinski definition) is 4. The van der Waals surface area contributed by atoms with Gasteiger partial charge in [0.2, 0.25) is 0 Å². The van der Waals surface area contributed by atoms with Crippen LogP contribution in [0.2, 0.25) is 0 Å². The van der Waals surface area contributed by atoms with Gasteiger partial charge in [-0.15, -0.1) is 0 Å². The smallest absolute Gasteiger partial charge is 0.162 e. The van der Waals surface area contributed by atoms with Gasteiger partial charge in [0.15, 0.2) is 11.5 Å². The quantitative estimate of drug-likeness (QED) is 0.875. The number of halogens is 1. The number of hydrogen-bond donors (Lipinski definition) is 1. The fourth-order valence-corrected chi connectivity index (χ4v) is 3.81. The lowest BCUT2D eigenvalue weighted by Gasteiger charge is -2.19. The molecule has 2 aromatic rings. The van der Waals surface area contributed by atoms with Crippen molar-refractivity contribution in [3.05, 3.63) is 46.4 Å². The summed E-state index contributed by atoms with van der Waals surface area (Å²) >= 11 is 5.20. The third-order valence-corrected chi connectivity index (χ3v) is 4.76. The summed E-state index contributed by atoms with van der Waals surface area (Å²) in [7, 11) is 0. The highest BCUT2D eigenvalue weighted by Gasteiger charge is 2.14. The van der Waals surface area contributed by atoms with Crippen molar-refractivity contribution < 1.29 is 9.47 Å². The number of ether oxygens (including phenoxy) is 2. The van der Waals surface area contributed by atoms with E-state index >= 15 is 0 Å². The van der Waals surface area contributed by atoms with Gasteiger partial charge in [-0.25, -0.2) is 0 Å². The second-order valence-electron chi connectivity index (χ2n) is 4.88. The molecule has 0 aromatic heterocycles. The van der Waals surface area contributed by atoms with Crippen molar-refractivity contribution >= 4 is 27.7 Å². The van der Waals surface area contributed by atoms with Crippen LogP contribution in [0.15, 0.2) is 50.7 Å². The van der Waals surface area contributed by atoms with E-state index in [4.69, 9.17) is 15.2 Å². The first kappa shape index (κ1) is 14.8. The molecule has 0 amide bonds. The van der Waals surface area contributed by atoms with Crippen LogP contribution in [0.3, 0.4) is 0 Å². The van der Waals surface area contributed by atoms with Crippen molar-refractivity contribution in [2.75, 3.05) is 13.2 Å². The molecule has 3 nitrogen and oxygen atoms in total. The molecule has 2 aromatic carbocycles. The summed E-state index contributed by atoms with van der Waals surface area (Å²) in [4.78, 5) is 2.26. The van der Waals surface area contributed by atoms with Crippen LogP contribution < -0.4 is 15.2 Å². The van der Waals surface area contributed by atoms with E-state index in [0.717, 1.165) is 31.3 Å². The van der Waals surface area contributed by atoms with Crippen LogP contribution >= 0.6 is 27.7 Å². The van der Waals surface area contributed by atoms with Crippen molar-refractivity contribution in [2.45, 2.75) is 22.8 Å².